The number of carboxylic acids is 1. The molecule has 1 amide bonds. The zero-order valence-corrected chi connectivity index (χ0v) is 20.7. The number of carbonyl (C=O) groups excluding carboxylic acids is 1. The summed E-state index contributed by atoms with van der Waals surface area (Å²) in [6, 6.07) is 9.47. The predicted octanol–water partition coefficient (Wildman–Crippen LogP) is 3.94. The number of benzene rings is 2. The van der Waals surface area contributed by atoms with E-state index in [2.05, 4.69) is 0 Å². The van der Waals surface area contributed by atoms with Crippen molar-refractivity contribution in [2.75, 3.05) is 29.4 Å². The topological polar surface area (TPSA) is 116 Å². The summed E-state index contributed by atoms with van der Waals surface area (Å²) in [5, 5.41) is 18.8. The number of aromatic carboxylic acids is 1. The molecule has 9 nitrogen and oxygen atoms in total. The van der Waals surface area contributed by atoms with Crippen LogP contribution in [-0.4, -0.2) is 47.5 Å². The van der Waals surface area contributed by atoms with E-state index < -0.39 is 29.4 Å². The first-order valence-electron chi connectivity index (χ1n) is 12.6. The minimum atomic E-state index is -1.31. The molecule has 194 valence electrons. The van der Waals surface area contributed by atoms with Gasteiger partial charge in [0.15, 0.2) is 0 Å². The Morgan fingerprint density at radius 2 is 1.89 bits per heavy atom. The van der Waals surface area contributed by atoms with E-state index in [4.69, 9.17) is 10.00 Å². The smallest absolute Gasteiger partial charge is 0.415 e. The van der Waals surface area contributed by atoms with E-state index in [1.807, 2.05) is 33.7 Å². The normalized spacial score (nSPS) is 19.2. The summed E-state index contributed by atoms with van der Waals surface area (Å²) in [4.78, 5) is 40.3. The van der Waals surface area contributed by atoms with Crippen LogP contribution in [0.4, 0.5) is 20.6 Å². The Balaban J connectivity index is 1.35. The maximum Gasteiger partial charge on any atom is 0.415 e. The zero-order valence-electron chi connectivity index (χ0n) is 20.7. The molecule has 1 atom stereocenters. The number of nitriles is 1. The molecule has 2 aliphatic heterocycles. The third-order valence-electron chi connectivity index (χ3n) is 7.75. The molecule has 3 aromatic rings. The van der Waals surface area contributed by atoms with Crippen molar-refractivity contribution in [3.05, 3.63) is 68.8 Å². The first-order chi connectivity index (χ1) is 18.3. The fourth-order valence-electron chi connectivity index (χ4n) is 5.55. The zero-order chi connectivity index (χ0) is 26.7. The first-order valence-corrected chi connectivity index (χ1v) is 12.6. The number of hydrogen-bond acceptors (Lipinski definition) is 6. The molecule has 0 radical (unpaired) electrons. The second kappa shape index (κ2) is 8.87. The Labute approximate surface area is 217 Å². The van der Waals surface area contributed by atoms with Crippen LogP contribution in [0.2, 0.25) is 0 Å². The number of hydrogen-bond donors (Lipinski definition) is 1. The van der Waals surface area contributed by atoms with E-state index in [0.717, 1.165) is 24.0 Å². The minimum absolute atomic E-state index is 0.0960. The Morgan fingerprint density at radius 1 is 1.16 bits per heavy atom. The molecular weight excluding hydrogens is 491 g/mol. The Hall–Kier alpha value is -4.39. The number of nitrogens with zero attached hydrogens (tertiary/aromatic N) is 4. The number of carbonyl (C=O) groups is 2. The third kappa shape index (κ3) is 3.86. The molecule has 1 aromatic heterocycles. The number of halogens is 1. The molecule has 1 unspecified atom stereocenters. The molecule has 38 heavy (non-hydrogen) atoms. The number of anilines is 2. The largest absolute Gasteiger partial charge is 0.477 e. The van der Waals surface area contributed by atoms with Gasteiger partial charge in [0.2, 0.25) is 11.5 Å². The van der Waals surface area contributed by atoms with E-state index >= 15 is 4.39 Å². The molecule has 2 fully saturated rings. The van der Waals surface area contributed by atoms with Gasteiger partial charge in [-0.2, -0.15) is 5.26 Å². The van der Waals surface area contributed by atoms with Gasteiger partial charge in [0.05, 0.1) is 23.1 Å². The third-order valence-corrected chi connectivity index (χ3v) is 7.75. The summed E-state index contributed by atoms with van der Waals surface area (Å²) in [6.07, 6.45) is 3.07. The average molecular weight is 517 g/mol. The number of rotatable bonds is 4. The fourth-order valence-corrected chi connectivity index (χ4v) is 5.55. The SMILES string of the molecule is Cc1c(F)c(N2CCc3ccc(N4CC(C#N)OC4=O)cc3CC2)cc2c1c(=O)c(C(=O)O)cn2C1CC1. The number of aryl methyl sites for hydroxylation is 1. The lowest BCUT2D eigenvalue weighted by molar-refractivity contribution is 0.0694. The number of cyclic esters (lactones) is 1. The number of aromatic nitrogens is 1. The van der Waals surface area contributed by atoms with Crippen LogP contribution in [0.1, 0.15) is 45.9 Å². The number of carboxylic acid groups (broad SMARTS) is 1. The van der Waals surface area contributed by atoms with Gasteiger partial charge in [-0.1, -0.05) is 6.07 Å². The van der Waals surface area contributed by atoms with Gasteiger partial charge in [-0.05, 0) is 61.9 Å². The Bertz CT molecular complexity index is 1620. The van der Waals surface area contributed by atoms with Crippen molar-refractivity contribution in [3.8, 4) is 6.07 Å². The highest BCUT2D eigenvalue weighted by Gasteiger charge is 2.33. The molecule has 6 rings (SSSR count). The maximum absolute atomic E-state index is 15.8. The number of pyridine rings is 1. The minimum Gasteiger partial charge on any atom is -0.477 e. The van der Waals surface area contributed by atoms with Gasteiger partial charge in [0, 0.05) is 36.6 Å². The second-order valence-electron chi connectivity index (χ2n) is 10.1. The van der Waals surface area contributed by atoms with Crippen molar-refractivity contribution >= 4 is 34.3 Å². The number of fused-ring (bicyclic) bond motifs is 2. The van der Waals surface area contributed by atoms with Crippen LogP contribution in [0.5, 0.6) is 0 Å². The summed E-state index contributed by atoms with van der Waals surface area (Å²) in [6.45, 7) is 2.78. The van der Waals surface area contributed by atoms with Crippen LogP contribution in [0.25, 0.3) is 10.9 Å². The maximum atomic E-state index is 15.8. The molecule has 0 bridgehead atoms. The molecule has 1 N–H and O–H groups in total. The highest BCUT2D eigenvalue weighted by Crippen LogP contribution is 2.39. The lowest BCUT2D eigenvalue weighted by Gasteiger charge is -2.25. The van der Waals surface area contributed by atoms with Crippen molar-refractivity contribution in [1.82, 2.24) is 4.57 Å². The highest BCUT2D eigenvalue weighted by atomic mass is 19.1. The summed E-state index contributed by atoms with van der Waals surface area (Å²) in [5.74, 6) is -1.83. The predicted molar refractivity (Wildman–Crippen MR) is 137 cm³/mol. The quantitative estimate of drug-likeness (QED) is 0.559. The van der Waals surface area contributed by atoms with Gasteiger partial charge in [0.1, 0.15) is 17.4 Å². The summed E-state index contributed by atoms with van der Waals surface area (Å²) < 4.78 is 22.7. The van der Waals surface area contributed by atoms with Gasteiger partial charge in [-0.25, -0.2) is 14.0 Å². The van der Waals surface area contributed by atoms with E-state index in [1.165, 1.54) is 18.0 Å². The van der Waals surface area contributed by atoms with Crippen LogP contribution in [-0.2, 0) is 17.6 Å². The van der Waals surface area contributed by atoms with Crippen molar-refractivity contribution in [1.29, 1.82) is 5.26 Å². The van der Waals surface area contributed by atoms with Crippen LogP contribution < -0.4 is 15.2 Å². The van der Waals surface area contributed by atoms with Gasteiger partial charge in [-0.3, -0.25) is 9.69 Å². The van der Waals surface area contributed by atoms with Gasteiger partial charge < -0.3 is 19.3 Å². The molecule has 3 aliphatic rings. The van der Waals surface area contributed by atoms with E-state index in [9.17, 15) is 19.5 Å². The molecule has 1 saturated heterocycles. The highest BCUT2D eigenvalue weighted by molar-refractivity contribution is 5.95. The number of ether oxygens (including phenoxy) is 1. The summed E-state index contributed by atoms with van der Waals surface area (Å²) in [7, 11) is 0. The van der Waals surface area contributed by atoms with Gasteiger partial charge in [-0.15, -0.1) is 0 Å². The van der Waals surface area contributed by atoms with Crippen molar-refractivity contribution in [3.63, 3.8) is 0 Å². The van der Waals surface area contributed by atoms with Crippen molar-refractivity contribution < 1.29 is 23.8 Å². The molecule has 3 heterocycles. The van der Waals surface area contributed by atoms with Crippen molar-refractivity contribution in [2.24, 2.45) is 0 Å². The lowest BCUT2D eigenvalue weighted by Crippen LogP contribution is -2.28. The average Bonchev–Trinajstić information content (AvgIpc) is 3.70. The molecule has 1 aliphatic carbocycles. The van der Waals surface area contributed by atoms with Crippen LogP contribution in [0, 0.1) is 24.1 Å². The molecule has 2 aromatic carbocycles. The molecule has 1 saturated carbocycles. The standard InChI is InChI=1S/C28H25FN4O5/c1-15-24-22(32(18-4-5-18)14-21(26(24)34)27(35)36)11-23(25(15)29)31-8-6-16-2-3-19(10-17(16)7-9-31)33-13-20(12-30)38-28(33)37/h2-3,10-11,14,18,20H,4-9,13H2,1H3,(H,35,36). The van der Waals surface area contributed by atoms with Gasteiger partial charge >= 0.3 is 12.1 Å². The van der Waals surface area contributed by atoms with E-state index in [-0.39, 0.29) is 29.1 Å². The van der Waals surface area contributed by atoms with E-state index in [0.29, 0.717) is 42.8 Å². The van der Waals surface area contributed by atoms with Crippen LogP contribution in [0.3, 0.4) is 0 Å². The summed E-state index contributed by atoms with van der Waals surface area (Å²) in [5.41, 5.74) is 2.89. The Kier molecular flexibility index (Phi) is 5.60. The second-order valence-corrected chi connectivity index (χ2v) is 10.1. The van der Waals surface area contributed by atoms with Crippen LogP contribution >= 0.6 is 0 Å². The molecule has 0 spiro atoms. The fraction of sp³-hybridized carbons (Fsp3) is 0.357. The van der Waals surface area contributed by atoms with E-state index in [1.54, 1.807) is 6.07 Å². The monoisotopic (exact) mass is 516 g/mol. The Morgan fingerprint density at radius 3 is 2.55 bits per heavy atom. The summed E-state index contributed by atoms with van der Waals surface area (Å²) >= 11 is 0. The number of amides is 1. The van der Waals surface area contributed by atoms with Gasteiger partial charge in [0.25, 0.3) is 0 Å². The molecule has 10 heteroatoms. The lowest BCUT2D eigenvalue weighted by atomic mass is 10.0. The molecular formula is C28H25FN4O5. The van der Waals surface area contributed by atoms with Crippen LogP contribution in [0.15, 0.2) is 35.3 Å². The van der Waals surface area contributed by atoms with Crippen molar-refractivity contribution in [2.45, 2.75) is 44.8 Å². The first kappa shape index (κ1) is 24.0.